The molecule has 0 unspecified atom stereocenters. The predicted molar refractivity (Wildman–Crippen MR) is 60.4 cm³/mol. The van der Waals surface area contributed by atoms with Crippen LogP contribution in [0.1, 0.15) is 11.1 Å². The molecule has 0 aliphatic rings. The van der Waals surface area contributed by atoms with Gasteiger partial charge in [-0.05, 0) is 28.1 Å². The first kappa shape index (κ1) is 14.0. The number of aromatic nitrogens is 2. The highest BCUT2D eigenvalue weighted by Gasteiger charge is 2.32. The molecule has 0 atom stereocenters. The average Bonchev–Trinajstić information content (AvgIpc) is 2.78. The van der Waals surface area contributed by atoms with Crippen molar-refractivity contribution >= 4 is 15.9 Å². The van der Waals surface area contributed by atoms with Crippen molar-refractivity contribution in [2.45, 2.75) is 12.7 Å². The smallest absolute Gasteiger partial charge is 0.267 e. The molecule has 0 radical (unpaired) electrons. The molecule has 0 spiro atoms. The lowest BCUT2D eigenvalue weighted by Crippen LogP contribution is -2.06. The molecule has 0 aliphatic heterocycles. The van der Waals surface area contributed by atoms with E-state index in [0.29, 0.717) is 12.4 Å². The summed E-state index contributed by atoms with van der Waals surface area (Å²) in [5, 5.41) is 3.44. The van der Waals surface area contributed by atoms with Gasteiger partial charge in [0.25, 0.3) is 0 Å². The molecule has 2 aromatic rings. The minimum Gasteiger partial charge on any atom is -0.267 e. The quantitative estimate of drug-likeness (QED) is 0.597. The highest BCUT2D eigenvalue weighted by molar-refractivity contribution is 9.10. The first-order chi connectivity index (χ1) is 8.79. The van der Waals surface area contributed by atoms with E-state index >= 15 is 0 Å². The summed E-state index contributed by atoms with van der Waals surface area (Å²) < 4.78 is 65.0. The number of alkyl halides is 3. The molecule has 8 heteroatoms. The summed E-state index contributed by atoms with van der Waals surface area (Å²) in [7, 11) is 0. The molecular weight excluding hydrogens is 335 g/mol. The molecule has 19 heavy (non-hydrogen) atoms. The molecule has 1 heterocycles. The largest absolute Gasteiger partial charge is 0.419 e. The van der Waals surface area contributed by atoms with Gasteiger partial charge in [-0.2, -0.15) is 18.3 Å². The Balaban J connectivity index is 2.32. The van der Waals surface area contributed by atoms with Gasteiger partial charge in [0.05, 0.1) is 22.8 Å². The molecule has 0 aliphatic carbocycles. The van der Waals surface area contributed by atoms with E-state index in [4.69, 9.17) is 0 Å². The Hall–Kier alpha value is -1.44. The van der Waals surface area contributed by atoms with Crippen LogP contribution >= 0.6 is 15.9 Å². The fourth-order valence-electron chi connectivity index (χ4n) is 1.47. The van der Waals surface area contributed by atoms with Crippen molar-refractivity contribution in [2.24, 2.45) is 0 Å². The van der Waals surface area contributed by atoms with Crippen molar-refractivity contribution in [3.8, 4) is 0 Å². The standard InChI is InChI=1S/C11H6BrF5N2/c12-8-1-2-9(13)7(10(8)14)5-19-4-6(3-18-19)11(15,16)17/h1-4H,5H2. The van der Waals surface area contributed by atoms with Crippen LogP contribution in [-0.2, 0) is 12.7 Å². The lowest BCUT2D eigenvalue weighted by molar-refractivity contribution is -0.137. The molecule has 1 aromatic heterocycles. The van der Waals surface area contributed by atoms with Crippen molar-refractivity contribution in [3.63, 3.8) is 0 Å². The van der Waals surface area contributed by atoms with Crippen LogP contribution in [0.25, 0.3) is 0 Å². The zero-order valence-corrected chi connectivity index (χ0v) is 10.8. The third-order valence-corrected chi connectivity index (χ3v) is 3.03. The minimum atomic E-state index is -4.54. The van der Waals surface area contributed by atoms with Gasteiger partial charge < -0.3 is 0 Å². The van der Waals surface area contributed by atoms with Crippen molar-refractivity contribution in [2.75, 3.05) is 0 Å². The molecule has 0 saturated heterocycles. The SMILES string of the molecule is Fc1ccc(Br)c(F)c1Cn1cc(C(F)(F)F)cn1. The second-order valence-corrected chi connectivity index (χ2v) is 4.60. The van der Waals surface area contributed by atoms with E-state index in [0.717, 1.165) is 10.7 Å². The van der Waals surface area contributed by atoms with Gasteiger partial charge in [0, 0.05) is 11.8 Å². The first-order valence-electron chi connectivity index (χ1n) is 5.01. The molecule has 0 N–H and O–H groups in total. The summed E-state index contributed by atoms with van der Waals surface area (Å²) in [6.45, 7) is -0.423. The molecule has 102 valence electrons. The topological polar surface area (TPSA) is 17.8 Å². The Morgan fingerprint density at radius 2 is 1.89 bits per heavy atom. The fraction of sp³-hybridized carbons (Fsp3) is 0.182. The molecule has 0 bridgehead atoms. The molecule has 0 saturated carbocycles. The van der Waals surface area contributed by atoms with Crippen molar-refractivity contribution < 1.29 is 22.0 Å². The van der Waals surface area contributed by atoms with Gasteiger partial charge in [-0.1, -0.05) is 0 Å². The van der Waals surface area contributed by atoms with Crippen LogP contribution in [-0.4, -0.2) is 9.78 Å². The van der Waals surface area contributed by atoms with Gasteiger partial charge in [-0.15, -0.1) is 0 Å². The predicted octanol–water partition coefficient (Wildman–Crippen LogP) is 3.99. The maximum absolute atomic E-state index is 13.6. The molecule has 0 fully saturated rings. The van der Waals surface area contributed by atoms with Crippen LogP contribution < -0.4 is 0 Å². The second-order valence-electron chi connectivity index (χ2n) is 3.75. The average molecular weight is 341 g/mol. The number of nitrogens with zero attached hydrogens (tertiary/aromatic N) is 2. The summed E-state index contributed by atoms with van der Waals surface area (Å²) in [4.78, 5) is 0. The minimum absolute atomic E-state index is 0.0344. The van der Waals surface area contributed by atoms with E-state index in [2.05, 4.69) is 21.0 Å². The van der Waals surface area contributed by atoms with Crippen LogP contribution in [0.4, 0.5) is 22.0 Å². The normalized spacial score (nSPS) is 11.9. The number of hydrogen-bond donors (Lipinski definition) is 0. The van der Waals surface area contributed by atoms with Gasteiger partial charge in [0.15, 0.2) is 0 Å². The summed E-state index contributed by atoms with van der Waals surface area (Å²) in [5.41, 5.74) is -1.32. The lowest BCUT2D eigenvalue weighted by atomic mass is 10.2. The summed E-state index contributed by atoms with van der Waals surface area (Å²) in [5.74, 6) is -1.70. The van der Waals surface area contributed by atoms with Crippen LogP contribution in [0, 0.1) is 11.6 Å². The van der Waals surface area contributed by atoms with Gasteiger partial charge >= 0.3 is 6.18 Å². The number of benzene rings is 1. The first-order valence-corrected chi connectivity index (χ1v) is 5.80. The maximum atomic E-state index is 13.6. The van der Waals surface area contributed by atoms with E-state index in [1.54, 1.807) is 0 Å². The Morgan fingerprint density at radius 1 is 1.21 bits per heavy atom. The highest BCUT2D eigenvalue weighted by atomic mass is 79.9. The van der Waals surface area contributed by atoms with E-state index in [1.165, 1.54) is 6.07 Å². The highest BCUT2D eigenvalue weighted by Crippen LogP contribution is 2.29. The van der Waals surface area contributed by atoms with E-state index in [9.17, 15) is 22.0 Å². The van der Waals surface area contributed by atoms with Crippen LogP contribution in [0.5, 0.6) is 0 Å². The number of hydrogen-bond acceptors (Lipinski definition) is 1. The molecule has 1 aromatic carbocycles. The summed E-state index contributed by atoms with van der Waals surface area (Å²) >= 11 is 2.88. The van der Waals surface area contributed by atoms with E-state index in [-0.39, 0.29) is 10.0 Å². The molecule has 2 rings (SSSR count). The van der Waals surface area contributed by atoms with Crippen molar-refractivity contribution in [1.82, 2.24) is 9.78 Å². The van der Waals surface area contributed by atoms with E-state index in [1.807, 2.05) is 0 Å². The zero-order chi connectivity index (χ0) is 14.2. The summed E-state index contributed by atoms with van der Waals surface area (Å²) in [6.07, 6.45) is -3.24. The Morgan fingerprint density at radius 3 is 2.47 bits per heavy atom. The third kappa shape index (κ3) is 2.94. The third-order valence-electron chi connectivity index (χ3n) is 2.42. The van der Waals surface area contributed by atoms with Crippen LogP contribution in [0.15, 0.2) is 29.0 Å². The van der Waals surface area contributed by atoms with Crippen LogP contribution in [0.2, 0.25) is 0 Å². The Labute approximate surface area is 113 Å². The van der Waals surface area contributed by atoms with E-state index < -0.39 is 29.9 Å². The van der Waals surface area contributed by atoms with Gasteiger partial charge in [0.1, 0.15) is 11.6 Å². The van der Waals surface area contributed by atoms with Crippen LogP contribution in [0.3, 0.4) is 0 Å². The Bertz CT molecular complexity index is 606. The van der Waals surface area contributed by atoms with Gasteiger partial charge in [0.2, 0.25) is 0 Å². The number of rotatable bonds is 2. The number of halogens is 6. The zero-order valence-electron chi connectivity index (χ0n) is 9.18. The monoisotopic (exact) mass is 340 g/mol. The van der Waals surface area contributed by atoms with Gasteiger partial charge in [-0.3, -0.25) is 4.68 Å². The lowest BCUT2D eigenvalue weighted by Gasteiger charge is -2.07. The fourth-order valence-corrected chi connectivity index (χ4v) is 1.84. The maximum Gasteiger partial charge on any atom is 0.419 e. The second kappa shape index (κ2) is 4.92. The molecule has 2 nitrogen and oxygen atoms in total. The Kier molecular flexibility index (Phi) is 3.62. The summed E-state index contributed by atoms with van der Waals surface area (Å²) in [6, 6.07) is 2.20. The molecule has 0 amide bonds. The van der Waals surface area contributed by atoms with Crippen molar-refractivity contribution in [3.05, 3.63) is 51.8 Å². The van der Waals surface area contributed by atoms with Crippen molar-refractivity contribution in [1.29, 1.82) is 0 Å². The molecular formula is C11H6BrF5N2. The van der Waals surface area contributed by atoms with Gasteiger partial charge in [-0.25, -0.2) is 8.78 Å².